The molecule has 1 aromatic carbocycles. The molecule has 0 amide bonds. The molecule has 316 valence electrons. The van der Waals surface area contributed by atoms with Crippen LogP contribution in [0.5, 0.6) is 5.75 Å². The highest BCUT2D eigenvalue weighted by Crippen LogP contribution is 2.66. The van der Waals surface area contributed by atoms with Crippen LogP contribution in [0.25, 0.3) is 11.3 Å². The number of aromatic amines is 1. The van der Waals surface area contributed by atoms with E-state index in [2.05, 4.69) is 30.4 Å². The van der Waals surface area contributed by atoms with Crippen LogP contribution >= 0.6 is 0 Å². The second-order valence-corrected chi connectivity index (χ2v) is 19.7. The van der Waals surface area contributed by atoms with Gasteiger partial charge in [0.05, 0.1) is 18.0 Å². The molecule has 57 heavy (non-hydrogen) atoms. The van der Waals surface area contributed by atoms with E-state index in [1.54, 1.807) is 26.0 Å². The molecule has 0 bridgehead atoms. The zero-order valence-corrected chi connectivity index (χ0v) is 34.5. The Balaban J connectivity index is 1.20. The maximum Gasteiger partial charge on any atom is 0.397 e. The van der Waals surface area contributed by atoms with Gasteiger partial charge in [0, 0.05) is 0 Å². The van der Waals surface area contributed by atoms with E-state index < -0.39 is 72.9 Å². The zero-order chi connectivity index (χ0) is 41.9. The van der Waals surface area contributed by atoms with Crippen LogP contribution in [0.2, 0.25) is 0 Å². The average Bonchev–Trinajstić information content (AvgIpc) is 3.71. The maximum absolute atomic E-state index is 13.2. The van der Waals surface area contributed by atoms with Gasteiger partial charge in [0.1, 0.15) is 24.1 Å². The fourth-order valence-corrected chi connectivity index (χ4v) is 12.2. The molecular formula is C37H50N2O15S3. The summed E-state index contributed by atoms with van der Waals surface area (Å²) < 4.78 is 121. The molecule has 10 atom stereocenters. The maximum atomic E-state index is 13.2. The van der Waals surface area contributed by atoms with Crippen LogP contribution < -0.4 is 0 Å². The van der Waals surface area contributed by atoms with Gasteiger partial charge in [-0.25, -0.2) is 22.3 Å². The van der Waals surface area contributed by atoms with Gasteiger partial charge in [-0.1, -0.05) is 38.5 Å². The van der Waals surface area contributed by atoms with Crippen LogP contribution in [0.4, 0.5) is 0 Å². The van der Waals surface area contributed by atoms with Crippen molar-refractivity contribution in [2.24, 2.45) is 34.5 Å². The Morgan fingerprint density at radius 3 is 2.18 bits per heavy atom. The van der Waals surface area contributed by atoms with Gasteiger partial charge >= 0.3 is 37.2 Å². The summed E-state index contributed by atoms with van der Waals surface area (Å²) >= 11 is 0. The lowest BCUT2D eigenvalue weighted by atomic mass is 9.49. The minimum Gasteiger partial charge on any atom is -0.508 e. The molecule has 0 spiro atoms. The molecule has 2 fully saturated rings. The third-order valence-corrected chi connectivity index (χ3v) is 14.6. The minimum atomic E-state index is -5.14. The number of aromatic hydroxyl groups is 1. The lowest BCUT2D eigenvalue weighted by Crippen LogP contribution is -2.56. The molecule has 2 aromatic rings. The highest BCUT2D eigenvalue weighted by atomic mass is 32.3. The van der Waals surface area contributed by atoms with Gasteiger partial charge in [0.25, 0.3) is 0 Å². The van der Waals surface area contributed by atoms with Crippen molar-refractivity contribution < 1.29 is 66.1 Å². The molecule has 6 rings (SSSR count). The lowest BCUT2D eigenvalue weighted by molar-refractivity contribution is -0.0872. The van der Waals surface area contributed by atoms with E-state index in [9.17, 15) is 48.8 Å². The fourth-order valence-electron chi connectivity index (χ4n) is 10.6. The second-order valence-electron chi connectivity index (χ2n) is 16.6. The van der Waals surface area contributed by atoms with E-state index >= 15 is 0 Å². The van der Waals surface area contributed by atoms with E-state index in [1.807, 2.05) is 0 Å². The number of carbonyl (C=O) groups is 1. The first-order valence-corrected chi connectivity index (χ1v) is 22.9. The Bertz CT molecular complexity index is 2240. The molecule has 0 aliphatic heterocycles. The number of benzene rings is 1. The Hall–Kier alpha value is -3.21. The van der Waals surface area contributed by atoms with Crippen molar-refractivity contribution in [3.8, 4) is 17.0 Å². The first kappa shape index (κ1) is 43.4. The van der Waals surface area contributed by atoms with Gasteiger partial charge in [-0.2, -0.15) is 25.3 Å². The quantitative estimate of drug-likeness (QED) is 0.0853. The summed E-state index contributed by atoms with van der Waals surface area (Å²) in [5, 5.41) is 9.59. The van der Waals surface area contributed by atoms with E-state index in [-0.39, 0.29) is 54.0 Å². The Morgan fingerprint density at radius 2 is 1.56 bits per heavy atom. The molecule has 17 nitrogen and oxygen atoms in total. The van der Waals surface area contributed by atoms with Crippen molar-refractivity contribution in [1.82, 2.24) is 9.97 Å². The summed E-state index contributed by atoms with van der Waals surface area (Å²) in [5.74, 6) is -0.988. The van der Waals surface area contributed by atoms with Gasteiger partial charge in [-0.15, -0.1) is 0 Å². The topological polar surface area (TPSA) is 266 Å². The van der Waals surface area contributed by atoms with Gasteiger partial charge in [0.15, 0.2) is 0 Å². The number of carbonyl (C=O) groups excluding carboxylic acids is 1. The number of hydrogen-bond acceptors (Lipinski definition) is 13. The summed E-state index contributed by atoms with van der Waals surface area (Å²) in [4.78, 5) is 20.4. The van der Waals surface area contributed by atoms with Crippen LogP contribution in [0.15, 0.2) is 53.8 Å². The van der Waals surface area contributed by atoms with Crippen LogP contribution in [0.1, 0.15) is 96.1 Å². The highest BCUT2D eigenvalue weighted by molar-refractivity contribution is 7.81. The standard InChI is InChI=1S/C37H50N2O15S3/c1-20(2)30(51-35(41)34-38-19-29(39-34)22-7-9-23(40)10-8-22)13-6-21(3)25-11-12-26-24-16-31(52-55(42,43)44)28-17-32(53-56(45,46)47)33(54-57(48,49)50)18-37(28,5)27(24)14-15-36(25,26)4/h7-10,19,21,25-26,28,30-33,40H,1,6,11-18H2,2-5H3,(H,38,39)(H,42,43,44)(H,45,46,47)(H,48,49,50). The Morgan fingerprint density at radius 1 is 0.947 bits per heavy atom. The number of phenolic OH excluding ortho intramolecular Hbond substituents is 1. The number of nitrogens with one attached hydrogen (secondary N) is 1. The van der Waals surface area contributed by atoms with E-state index in [0.29, 0.717) is 30.5 Å². The number of imidazole rings is 1. The number of rotatable bonds is 14. The number of allylic oxidation sites excluding steroid dienone is 1. The number of esters is 1. The molecule has 20 heteroatoms. The first-order chi connectivity index (χ1) is 26.4. The molecule has 1 aromatic heterocycles. The highest BCUT2D eigenvalue weighted by Gasteiger charge is 2.61. The number of hydrogen-bond donors (Lipinski definition) is 5. The number of ether oxygens (including phenoxy) is 1. The van der Waals surface area contributed by atoms with Crippen LogP contribution in [0.3, 0.4) is 0 Å². The van der Waals surface area contributed by atoms with E-state index in [4.69, 9.17) is 17.3 Å². The van der Waals surface area contributed by atoms with Crippen molar-refractivity contribution in [2.45, 2.75) is 110 Å². The Kier molecular flexibility index (Phi) is 12.0. The molecule has 1 heterocycles. The van der Waals surface area contributed by atoms with Crippen molar-refractivity contribution >= 4 is 37.2 Å². The van der Waals surface area contributed by atoms with Crippen LogP contribution in [-0.4, -0.2) is 84.4 Å². The summed E-state index contributed by atoms with van der Waals surface area (Å²) in [6, 6.07) is 6.45. The van der Waals surface area contributed by atoms with Gasteiger partial charge in [-0.05, 0) is 135 Å². The van der Waals surface area contributed by atoms with Crippen LogP contribution in [-0.2, 0) is 48.5 Å². The molecule has 0 saturated heterocycles. The number of nitrogens with zero attached hydrogens (tertiary/aromatic N) is 1. The monoisotopic (exact) mass is 858 g/mol. The largest absolute Gasteiger partial charge is 0.508 e. The molecule has 0 radical (unpaired) electrons. The normalized spacial score (nSPS) is 31.5. The summed E-state index contributed by atoms with van der Waals surface area (Å²) in [7, 11) is -15.3. The first-order valence-electron chi connectivity index (χ1n) is 18.8. The summed E-state index contributed by atoms with van der Waals surface area (Å²) in [5.41, 5.74) is 2.56. The third kappa shape index (κ3) is 9.49. The molecule has 4 aliphatic rings. The lowest BCUT2D eigenvalue weighted by Gasteiger charge is -2.57. The molecule has 5 N–H and O–H groups in total. The molecular weight excluding hydrogens is 809 g/mol. The second kappa shape index (κ2) is 15.8. The molecule has 4 aliphatic carbocycles. The van der Waals surface area contributed by atoms with Gasteiger partial charge in [-0.3, -0.25) is 13.7 Å². The van der Waals surface area contributed by atoms with Crippen molar-refractivity contribution in [3.63, 3.8) is 0 Å². The number of fused-ring (bicyclic) bond motifs is 4. The fraction of sp³-hybridized carbons (Fsp3) is 0.622. The smallest absolute Gasteiger partial charge is 0.397 e. The predicted molar refractivity (Wildman–Crippen MR) is 203 cm³/mol. The predicted octanol–water partition coefficient (Wildman–Crippen LogP) is 5.81. The average molecular weight is 859 g/mol. The van der Waals surface area contributed by atoms with E-state index in [0.717, 1.165) is 36.0 Å². The summed E-state index contributed by atoms with van der Waals surface area (Å²) in [6.45, 7) is 12.0. The van der Waals surface area contributed by atoms with Crippen molar-refractivity contribution in [1.29, 1.82) is 0 Å². The Labute approximate surface area is 333 Å². The van der Waals surface area contributed by atoms with E-state index in [1.165, 1.54) is 18.3 Å². The number of phenols is 1. The molecule has 2 saturated carbocycles. The van der Waals surface area contributed by atoms with Crippen LogP contribution in [0, 0.1) is 34.5 Å². The minimum absolute atomic E-state index is 0.0322. The number of H-pyrrole nitrogens is 1. The third-order valence-electron chi connectivity index (χ3n) is 13.1. The summed E-state index contributed by atoms with van der Waals surface area (Å²) in [6.07, 6.45) is 0.104. The van der Waals surface area contributed by atoms with Crippen molar-refractivity contribution in [2.75, 3.05) is 0 Å². The SMILES string of the molecule is C=C(C)C(CCC(C)C1CCC2C3=C(CCC21C)C1(C)CC(OS(=O)(=O)O)C(OS(=O)(=O)O)CC1C(OS(=O)(=O)O)C3)OC(=O)c1ncc(-c2ccc(O)cc2)[nH]1. The van der Waals surface area contributed by atoms with Gasteiger partial charge < -0.3 is 14.8 Å². The number of aromatic nitrogens is 2. The van der Waals surface area contributed by atoms with Gasteiger partial charge in [0.2, 0.25) is 5.82 Å². The van der Waals surface area contributed by atoms with Crippen molar-refractivity contribution in [3.05, 3.63) is 59.6 Å². The molecule has 10 unspecified atom stereocenters. The zero-order valence-electron chi connectivity index (χ0n) is 32.0.